The Hall–Kier alpha value is -1.10. The number of hydrogen-bond acceptors (Lipinski definition) is 4. The molecule has 2 heterocycles. The summed E-state index contributed by atoms with van der Waals surface area (Å²) in [4.78, 5) is 19.7. The minimum absolute atomic E-state index is 0.229. The van der Waals surface area contributed by atoms with Gasteiger partial charge in [0.15, 0.2) is 5.69 Å². The van der Waals surface area contributed by atoms with E-state index in [9.17, 15) is 4.79 Å². The van der Waals surface area contributed by atoms with Crippen molar-refractivity contribution in [3.63, 3.8) is 0 Å². The fraction of sp³-hybridized carbons (Fsp3) is 0.500. The molecule has 3 rings (SSSR count). The van der Waals surface area contributed by atoms with Crippen molar-refractivity contribution in [3.8, 4) is 0 Å². The molecule has 1 fully saturated rings. The van der Waals surface area contributed by atoms with Gasteiger partial charge in [0.25, 0.3) is 0 Å². The maximum Gasteiger partial charge on any atom is 0.354 e. The molecule has 0 radical (unpaired) electrons. The molecule has 78 valence electrons. The average molecular weight is 222 g/mol. The third kappa shape index (κ3) is 1.51. The summed E-state index contributed by atoms with van der Waals surface area (Å²) in [6.07, 6.45) is 2.20. The summed E-state index contributed by atoms with van der Waals surface area (Å²) in [6.45, 7) is 0. The molecule has 0 bridgehead atoms. The highest BCUT2D eigenvalue weighted by molar-refractivity contribution is 7.98. The van der Waals surface area contributed by atoms with E-state index in [1.165, 1.54) is 0 Å². The zero-order valence-electron chi connectivity index (χ0n) is 8.06. The predicted molar refractivity (Wildman–Crippen MR) is 56.0 cm³/mol. The molecular weight excluding hydrogens is 212 g/mol. The second-order valence-electron chi connectivity index (χ2n) is 3.93. The largest absolute Gasteiger partial charge is 0.476 e. The number of aromatic nitrogens is 2. The highest BCUT2D eigenvalue weighted by Gasteiger charge is 2.31. The molecule has 1 saturated carbocycles. The molecule has 15 heavy (non-hydrogen) atoms. The molecule has 0 atom stereocenters. The SMILES string of the molecule is O=C(O)c1nc(C2CC2)nc2c1CSC2. The highest BCUT2D eigenvalue weighted by atomic mass is 32.2. The first-order valence-corrected chi connectivity index (χ1v) is 6.12. The van der Waals surface area contributed by atoms with Crippen LogP contribution in [0.5, 0.6) is 0 Å². The third-order valence-electron chi connectivity index (χ3n) is 2.74. The Morgan fingerprint density at radius 2 is 2.13 bits per heavy atom. The van der Waals surface area contributed by atoms with Crippen LogP contribution in [0, 0.1) is 0 Å². The minimum atomic E-state index is -0.918. The van der Waals surface area contributed by atoms with Crippen molar-refractivity contribution >= 4 is 17.7 Å². The van der Waals surface area contributed by atoms with Crippen molar-refractivity contribution in [2.45, 2.75) is 30.3 Å². The zero-order chi connectivity index (χ0) is 10.4. The second-order valence-corrected chi connectivity index (χ2v) is 4.91. The summed E-state index contributed by atoms with van der Waals surface area (Å²) in [6, 6.07) is 0. The molecule has 0 spiro atoms. The van der Waals surface area contributed by atoms with Gasteiger partial charge in [-0.15, -0.1) is 0 Å². The Labute approximate surface area is 91.1 Å². The van der Waals surface area contributed by atoms with Crippen LogP contribution in [0.4, 0.5) is 0 Å². The number of carboxylic acids is 1. The quantitative estimate of drug-likeness (QED) is 0.826. The van der Waals surface area contributed by atoms with Crippen LogP contribution in [-0.2, 0) is 11.5 Å². The number of hydrogen-bond donors (Lipinski definition) is 1. The number of fused-ring (bicyclic) bond motifs is 1. The van der Waals surface area contributed by atoms with Crippen molar-refractivity contribution in [1.82, 2.24) is 9.97 Å². The van der Waals surface area contributed by atoms with Gasteiger partial charge in [-0.3, -0.25) is 0 Å². The van der Waals surface area contributed by atoms with Gasteiger partial charge in [0.05, 0.1) is 5.69 Å². The van der Waals surface area contributed by atoms with Gasteiger partial charge in [-0.25, -0.2) is 14.8 Å². The summed E-state index contributed by atoms with van der Waals surface area (Å²) >= 11 is 1.71. The predicted octanol–water partition coefficient (Wildman–Crippen LogP) is 1.80. The van der Waals surface area contributed by atoms with E-state index in [0.717, 1.165) is 41.4 Å². The van der Waals surface area contributed by atoms with E-state index in [0.29, 0.717) is 5.92 Å². The molecule has 5 heteroatoms. The van der Waals surface area contributed by atoms with Gasteiger partial charge in [0.2, 0.25) is 0 Å². The second kappa shape index (κ2) is 3.20. The summed E-state index contributed by atoms with van der Waals surface area (Å²) in [7, 11) is 0. The molecule has 1 aliphatic heterocycles. The van der Waals surface area contributed by atoms with Crippen LogP contribution < -0.4 is 0 Å². The van der Waals surface area contributed by atoms with Crippen LogP contribution in [-0.4, -0.2) is 21.0 Å². The van der Waals surface area contributed by atoms with Crippen LogP contribution in [0.2, 0.25) is 0 Å². The van der Waals surface area contributed by atoms with Gasteiger partial charge in [0, 0.05) is 23.0 Å². The zero-order valence-corrected chi connectivity index (χ0v) is 8.88. The Morgan fingerprint density at radius 3 is 2.80 bits per heavy atom. The number of carbonyl (C=O) groups is 1. The van der Waals surface area contributed by atoms with Crippen molar-refractivity contribution in [2.24, 2.45) is 0 Å². The first-order valence-electron chi connectivity index (χ1n) is 4.96. The fourth-order valence-electron chi connectivity index (χ4n) is 1.77. The summed E-state index contributed by atoms with van der Waals surface area (Å²) < 4.78 is 0. The van der Waals surface area contributed by atoms with Crippen LogP contribution in [0.25, 0.3) is 0 Å². The summed E-state index contributed by atoms with van der Waals surface area (Å²) in [5.74, 6) is 1.81. The number of carboxylic acid groups (broad SMARTS) is 1. The van der Waals surface area contributed by atoms with Gasteiger partial charge in [-0.05, 0) is 12.8 Å². The molecule has 4 nitrogen and oxygen atoms in total. The number of thioether (sulfide) groups is 1. The highest BCUT2D eigenvalue weighted by Crippen LogP contribution is 2.40. The topological polar surface area (TPSA) is 63.1 Å². The van der Waals surface area contributed by atoms with Gasteiger partial charge < -0.3 is 5.11 Å². The minimum Gasteiger partial charge on any atom is -0.476 e. The molecule has 1 aliphatic carbocycles. The molecule has 2 aliphatic rings. The Balaban J connectivity index is 2.14. The third-order valence-corrected chi connectivity index (χ3v) is 3.71. The molecule has 0 saturated heterocycles. The van der Waals surface area contributed by atoms with E-state index in [2.05, 4.69) is 9.97 Å². The first kappa shape index (κ1) is 9.15. The Bertz CT molecular complexity index is 443. The van der Waals surface area contributed by atoms with E-state index in [-0.39, 0.29) is 5.69 Å². The standard InChI is InChI=1S/C10H10N2O2S/c13-10(14)8-6-3-15-4-7(6)11-9(12-8)5-1-2-5/h5H,1-4H2,(H,13,14). The normalized spacial score (nSPS) is 18.9. The lowest BCUT2D eigenvalue weighted by molar-refractivity contribution is 0.0689. The van der Waals surface area contributed by atoms with Crippen LogP contribution >= 0.6 is 11.8 Å². The van der Waals surface area contributed by atoms with Gasteiger partial charge in [0.1, 0.15) is 5.82 Å². The fourth-order valence-corrected chi connectivity index (χ4v) is 2.81. The Morgan fingerprint density at radius 1 is 1.33 bits per heavy atom. The average Bonchev–Trinajstić information content (AvgIpc) is 2.95. The van der Waals surface area contributed by atoms with Gasteiger partial charge >= 0.3 is 5.97 Å². The Kier molecular flexibility index (Phi) is 1.95. The van der Waals surface area contributed by atoms with Gasteiger partial charge in [-0.1, -0.05) is 0 Å². The monoisotopic (exact) mass is 222 g/mol. The number of nitrogens with zero attached hydrogens (tertiary/aromatic N) is 2. The molecule has 1 aromatic heterocycles. The van der Waals surface area contributed by atoms with Gasteiger partial charge in [-0.2, -0.15) is 11.8 Å². The molecule has 0 amide bonds. The maximum absolute atomic E-state index is 11.1. The van der Waals surface area contributed by atoms with E-state index in [4.69, 9.17) is 5.11 Å². The van der Waals surface area contributed by atoms with E-state index in [1.54, 1.807) is 11.8 Å². The molecule has 1 N–H and O–H groups in total. The molecular formula is C10H10N2O2S. The molecule has 0 unspecified atom stereocenters. The van der Waals surface area contributed by atoms with Crippen LogP contribution in [0.1, 0.15) is 46.3 Å². The lowest BCUT2D eigenvalue weighted by Gasteiger charge is -2.05. The van der Waals surface area contributed by atoms with Crippen molar-refractivity contribution < 1.29 is 9.90 Å². The van der Waals surface area contributed by atoms with Crippen molar-refractivity contribution in [2.75, 3.05) is 0 Å². The smallest absolute Gasteiger partial charge is 0.354 e. The summed E-state index contributed by atoms with van der Waals surface area (Å²) in [5, 5.41) is 9.08. The van der Waals surface area contributed by atoms with Crippen molar-refractivity contribution in [3.05, 3.63) is 22.8 Å². The first-order chi connectivity index (χ1) is 7.25. The maximum atomic E-state index is 11.1. The van der Waals surface area contributed by atoms with Crippen molar-refractivity contribution in [1.29, 1.82) is 0 Å². The molecule has 0 aromatic carbocycles. The lowest BCUT2D eigenvalue weighted by Crippen LogP contribution is -2.10. The number of aromatic carboxylic acids is 1. The lowest BCUT2D eigenvalue weighted by atomic mass is 10.2. The van der Waals surface area contributed by atoms with E-state index in [1.807, 2.05) is 0 Å². The van der Waals surface area contributed by atoms with Crippen LogP contribution in [0.15, 0.2) is 0 Å². The number of rotatable bonds is 2. The van der Waals surface area contributed by atoms with Crippen LogP contribution in [0.3, 0.4) is 0 Å². The summed E-state index contributed by atoms with van der Waals surface area (Å²) in [5.41, 5.74) is 2.00. The van der Waals surface area contributed by atoms with E-state index < -0.39 is 5.97 Å². The van der Waals surface area contributed by atoms with E-state index >= 15 is 0 Å². The molecule has 1 aromatic rings.